The molecule has 0 spiro atoms. The van der Waals surface area contributed by atoms with E-state index in [4.69, 9.17) is 5.26 Å². The summed E-state index contributed by atoms with van der Waals surface area (Å²) in [5, 5.41) is 8.83. The molecule has 2 heterocycles. The average molecular weight is 344 g/mol. The van der Waals surface area contributed by atoms with Gasteiger partial charge < -0.3 is 4.57 Å². The Balaban J connectivity index is 1.73. The van der Waals surface area contributed by atoms with Gasteiger partial charge in [-0.3, -0.25) is 0 Å². The SMILES string of the molecule is Cc1cnc(C)n1CC1CCN(S(=O)(=O)c2ccc(C#N)cc2)C1. The predicted octanol–water partition coefficient (Wildman–Crippen LogP) is 2.08. The molecule has 0 saturated carbocycles. The van der Waals surface area contributed by atoms with Crippen LogP contribution in [0.2, 0.25) is 0 Å². The lowest BCUT2D eigenvalue weighted by Crippen LogP contribution is -2.29. The van der Waals surface area contributed by atoms with E-state index in [1.807, 2.05) is 26.1 Å². The maximum Gasteiger partial charge on any atom is 0.243 e. The van der Waals surface area contributed by atoms with E-state index in [1.165, 1.54) is 12.1 Å². The summed E-state index contributed by atoms with van der Waals surface area (Å²) in [5.74, 6) is 1.24. The van der Waals surface area contributed by atoms with E-state index in [0.29, 0.717) is 18.7 Å². The van der Waals surface area contributed by atoms with Gasteiger partial charge >= 0.3 is 0 Å². The first-order valence-corrected chi connectivity index (χ1v) is 9.35. The predicted molar refractivity (Wildman–Crippen MR) is 89.7 cm³/mol. The number of rotatable bonds is 4. The molecule has 7 heteroatoms. The van der Waals surface area contributed by atoms with Crippen LogP contribution in [0.25, 0.3) is 0 Å². The van der Waals surface area contributed by atoms with Gasteiger partial charge in [-0.05, 0) is 50.5 Å². The topological polar surface area (TPSA) is 79.0 Å². The summed E-state index contributed by atoms with van der Waals surface area (Å²) in [6.45, 7) is 5.81. The van der Waals surface area contributed by atoms with Crippen molar-refractivity contribution in [2.24, 2.45) is 5.92 Å². The smallest absolute Gasteiger partial charge is 0.243 e. The van der Waals surface area contributed by atoms with Crippen molar-refractivity contribution < 1.29 is 8.42 Å². The highest BCUT2D eigenvalue weighted by Gasteiger charge is 2.32. The summed E-state index contributed by atoms with van der Waals surface area (Å²) < 4.78 is 29.2. The molecular formula is C17H20N4O2S. The molecule has 1 saturated heterocycles. The zero-order valence-corrected chi connectivity index (χ0v) is 14.6. The van der Waals surface area contributed by atoms with Gasteiger partial charge in [-0.2, -0.15) is 9.57 Å². The second kappa shape index (κ2) is 6.38. The molecule has 6 nitrogen and oxygen atoms in total. The Kier molecular flexibility index (Phi) is 4.43. The first-order chi connectivity index (χ1) is 11.4. The standard InChI is InChI=1S/C17H20N4O2S/c1-13-10-19-14(2)21(13)12-16-7-8-20(11-16)24(22,23)17-5-3-15(9-18)4-6-17/h3-6,10,16H,7-8,11-12H2,1-2H3. The summed E-state index contributed by atoms with van der Waals surface area (Å²) in [7, 11) is -3.50. The van der Waals surface area contributed by atoms with Crippen LogP contribution in [0.15, 0.2) is 35.4 Å². The van der Waals surface area contributed by atoms with Crippen LogP contribution in [0.4, 0.5) is 0 Å². The molecule has 1 aromatic carbocycles. The van der Waals surface area contributed by atoms with Gasteiger partial charge in [0.15, 0.2) is 0 Å². The molecule has 1 unspecified atom stereocenters. The molecule has 2 aromatic rings. The highest BCUT2D eigenvalue weighted by molar-refractivity contribution is 7.89. The van der Waals surface area contributed by atoms with Crippen LogP contribution in [0.3, 0.4) is 0 Å². The lowest BCUT2D eigenvalue weighted by molar-refractivity contribution is 0.423. The van der Waals surface area contributed by atoms with Crippen molar-refractivity contribution in [3.8, 4) is 6.07 Å². The first-order valence-electron chi connectivity index (χ1n) is 7.91. The molecular weight excluding hydrogens is 324 g/mol. The number of nitriles is 1. The quantitative estimate of drug-likeness (QED) is 0.850. The minimum absolute atomic E-state index is 0.247. The largest absolute Gasteiger partial charge is 0.332 e. The molecule has 0 N–H and O–H groups in total. The van der Waals surface area contributed by atoms with Crippen LogP contribution in [-0.4, -0.2) is 35.4 Å². The molecule has 0 radical (unpaired) electrons. The Morgan fingerprint density at radius 3 is 2.58 bits per heavy atom. The van der Waals surface area contributed by atoms with Crippen molar-refractivity contribution in [3.63, 3.8) is 0 Å². The Bertz CT molecular complexity index is 859. The van der Waals surface area contributed by atoms with Gasteiger partial charge in [-0.25, -0.2) is 13.4 Å². The van der Waals surface area contributed by atoms with Crippen LogP contribution in [0.1, 0.15) is 23.5 Å². The van der Waals surface area contributed by atoms with E-state index >= 15 is 0 Å². The Labute approximate surface area is 142 Å². The normalized spacial score (nSPS) is 18.6. The van der Waals surface area contributed by atoms with Crippen molar-refractivity contribution in [2.45, 2.75) is 31.7 Å². The van der Waals surface area contributed by atoms with Crippen molar-refractivity contribution in [1.29, 1.82) is 5.26 Å². The summed E-state index contributed by atoms with van der Waals surface area (Å²) in [5.41, 5.74) is 1.56. The number of hydrogen-bond donors (Lipinski definition) is 0. The van der Waals surface area contributed by atoms with E-state index in [2.05, 4.69) is 9.55 Å². The van der Waals surface area contributed by atoms with E-state index in [9.17, 15) is 8.42 Å². The molecule has 1 atom stereocenters. The highest BCUT2D eigenvalue weighted by Crippen LogP contribution is 2.26. The first kappa shape index (κ1) is 16.7. The number of aromatic nitrogens is 2. The summed E-state index contributed by atoms with van der Waals surface area (Å²) in [6, 6.07) is 8.09. The molecule has 0 bridgehead atoms. The zero-order valence-electron chi connectivity index (χ0n) is 13.8. The van der Waals surface area contributed by atoms with Gasteiger partial charge in [-0.15, -0.1) is 0 Å². The van der Waals surface area contributed by atoms with Crippen molar-refractivity contribution in [3.05, 3.63) is 47.5 Å². The van der Waals surface area contributed by atoms with Gasteiger partial charge in [0.05, 0.1) is 16.5 Å². The van der Waals surface area contributed by atoms with Gasteiger partial charge in [0.2, 0.25) is 10.0 Å². The van der Waals surface area contributed by atoms with E-state index in [0.717, 1.165) is 24.5 Å². The van der Waals surface area contributed by atoms with Crippen molar-refractivity contribution in [1.82, 2.24) is 13.9 Å². The van der Waals surface area contributed by atoms with E-state index in [-0.39, 0.29) is 10.8 Å². The van der Waals surface area contributed by atoms with Gasteiger partial charge in [-0.1, -0.05) is 0 Å². The van der Waals surface area contributed by atoms with Gasteiger partial charge in [0.1, 0.15) is 5.82 Å². The van der Waals surface area contributed by atoms with E-state index in [1.54, 1.807) is 16.4 Å². The third kappa shape index (κ3) is 3.07. The van der Waals surface area contributed by atoms with Crippen LogP contribution in [-0.2, 0) is 16.6 Å². The molecule has 1 aliphatic heterocycles. The molecule has 0 amide bonds. The van der Waals surface area contributed by atoms with E-state index < -0.39 is 10.0 Å². The zero-order chi connectivity index (χ0) is 17.3. The number of hydrogen-bond acceptors (Lipinski definition) is 4. The van der Waals surface area contributed by atoms with Crippen molar-refractivity contribution >= 4 is 10.0 Å². The molecule has 126 valence electrons. The average Bonchev–Trinajstić information content (AvgIpc) is 3.18. The maximum atomic E-state index is 12.7. The third-order valence-corrected chi connectivity index (χ3v) is 6.44. The molecule has 0 aliphatic carbocycles. The second-order valence-electron chi connectivity index (χ2n) is 6.21. The lowest BCUT2D eigenvalue weighted by atomic mass is 10.1. The van der Waals surface area contributed by atoms with Crippen LogP contribution in [0.5, 0.6) is 0 Å². The number of aryl methyl sites for hydroxylation is 2. The monoisotopic (exact) mass is 344 g/mol. The minimum Gasteiger partial charge on any atom is -0.332 e. The fraction of sp³-hybridized carbons (Fsp3) is 0.412. The van der Waals surface area contributed by atoms with Gasteiger partial charge in [0.25, 0.3) is 0 Å². The summed E-state index contributed by atoms with van der Waals surface area (Å²) in [4.78, 5) is 4.54. The summed E-state index contributed by atoms with van der Waals surface area (Å²) in [6.07, 6.45) is 2.68. The Hall–Kier alpha value is -2.17. The Morgan fingerprint density at radius 1 is 1.29 bits per heavy atom. The van der Waals surface area contributed by atoms with Crippen molar-refractivity contribution in [2.75, 3.05) is 13.1 Å². The third-order valence-electron chi connectivity index (χ3n) is 4.57. The number of sulfonamides is 1. The summed E-state index contributed by atoms with van der Waals surface area (Å²) >= 11 is 0. The maximum absolute atomic E-state index is 12.7. The van der Waals surface area contributed by atoms with Crippen LogP contribution in [0, 0.1) is 31.1 Å². The van der Waals surface area contributed by atoms with Crippen LogP contribution < -0.4 is 0 Å². The minimum atomic E-state index is -3.50. The highest BCUT2D eigenvalue weighted by atomic mass is 32.2. The Morgan fingerprint density at radius 2 is 2.00 bits per heavy atom. The lowest BCUT2D eigenvalue weighted by Gasteiger charge is -2.17. The van der Waals surface area contributed by atoms with Gasteiger partial charge in [0, 0.05) is 31.5 Å². The fourth-order valence-corrected chi connectivity index (χ4v) is 4.66. The molecule has 3 rings (SSSR count). The number of benzene rings is 1. The number of nitrogens with zero attached hydrogens (tertiary/aromatic N) is 4. The van der Waals surface area contributed by atoms with Crippen LogP contribution >= 0.6 is 0 Å². The molecule has 24 heavy (non-hydrogen) atoms. The molecule has 1 fully saturated rings. The number of imidazole rings is 1. The second-order valence-corrected chi connectivity index (χ2v) is 8.15. The molecule has 1 aromatic heterocycles. The molecule has 1 aliphatic rings. The fourth-order valence-electron chi connectivity index (χ4n) is 3.13.